The molecule has 3 N–H and O–H groups in total. The van der Waals surface area contributed by atoms with Crippen molar-refractivity contribution in [3.63, 3.8) is 0 Å². The maximum absolute atomic E-state index is 9.02. The summed E-state index contributed by atoms with van der Waals surface area (Å²) in [6.07, 6.45) is 3.65. The molecular formula is C14H16N6. The van der Waals surface area contributed by atoms with E-state index in [0.29, 0.717) is 0 Å². The lowest BCUT2D eigenvalue weighted by Crippen LogP contribution is -2.27. The highest BCUT2D eigenvalue weighted by Gasteiger charge is 2.17. The number of hydrogen-bond donors (Lipinski definition) is 3. The van der Waals surface area contributed by atoms with E-state index in [1.165, 1.54) is 5.69 Å². The second-order valence-corrected chi connectivity index (χ2v) is 4.73. The maximum atomic E-state index is 9.02. The van der Waals surface area contributed by atoms with Crippen LogP contribution in [0, 0.1) is 11.3 Å². The molecule has 1 aliphatic heterocycles. The minimum absolute atomic E-state index is 0.244. The van der Waals surface area contributed by atoms with Gasteiger partial charge in [0.25, 0.3) is 0 Å². The molecule has 0 spiro atoms. The van der Waals surface area contributed by atoms with Gasteiger partial charge in [0, 0.05) is 49.9 Å². The van der Waals surface area contributed by atoms with Crippen LogP contribution in [0.1, 0.15) is 22.8 Å². The van der Waals surface area contributed by atoms with Gasteiger partial charge in [0.15, 0.2) is 0 Å². The largest absolute Gasteiger partial charge is 0.369 e. The minimum atomic E-state index is 0.244. The van der Waals surface area contributed by atoms with Crippen molar-refractivity contribution in [3.05, 3.63) is 41.1 Å². The highest BCUT2D eigenvalue weighted by Crippen LogP contribution is 2.19. The zero-order chi connectivity index (χ0) is 13.8. The fourth-order valence-corrected chi connectivity index (χ4v) is 2.38. The van der Waals surface area contributed by atoms with Crippen molar-refractivity contribution in [2.45, 2.75) is 19.4 Å². The number of nitrogens with zero attached hydrogens (tertiary/aromatic N) is 3. The maximum Gasteiger partial charge on any atom is 0.234 e. The Morgan fingerprint density at radius 3 is 3.15 bits per heavy atom. The summed E-state index contributed by atoms with van der Waals surface area (Å²) in [7, 11) is 0. The van der Waals surface area contributed by atoms with Gasteiger partial charge in [-0.25, -0.2) is 9.97 Å². The van der Waals surface area contributed by atoms with E-state index in [0.717, 1.165) is 49.6 Å². The van der Waals surface area contributed by atoms with Crippen molar-refractivity contribution < 1.29 is 0 Å². The van der Waals surface area contributed by atoms with Crippen molar-refractivity contribution in [1.82, 2.24) is 20.3 Å². The topological polar surface area (TPSA) is 89.4 Å². The summed E-state index contributed by atoms with van der Waals surface area (Å²) in [6, 6.07) is 6.07. The van der Waals surface area contributed by atoms with E-state index in [9.17, 15) is 0 Å². The average molecular weight is 268 g/mol. The van der Waals surface area contributed by atoms with Crippen LogP contribution in [0.4, 0.5) is 5.82 Å². The van der Waals surface area contributed by atoms with Gasteiger partial charge in [0.1, 0.15) is 11.9 Å². The van der Waals surface area contributed by atoms with Crippen LogP contribution in [-0.2, 0) is 19.4 Å². The Kier molecular flexibility index (Phi) is 3.61. The predicted molar refractivity (Wildman–Crippen MR) is 75.1 cm³/mol. The minimum Gasteiger partial charge on any atom is -0.369 e. The van der Waals surface area contributed by atoms with E-state index in [-0.39, 0.29) is 5.82 Å². The van der Waals surface area contributed by atoms with Crippen LogP contribution < -0.4 is 10.6 Å². The zero-order valence-corrected chi connectivity index (χ0v) is 11.1. The molecule has 0 bridgehead atoms. The van der Waals surface area contributed by atoms with E-state index >= 15 is 0 Å². The molecule has 6 nitrogen and oxygen atoms in total. The van der Waals surface area contributed by atoms with Crippen LogP contribution in [0.3, 0.4) is 0 Å². The molecule has 0 saturated carbocycles. The van der Waals surface area contributed by atoms with E-state index in [1.54, 1.807) is 0 Å². The second kappa shape index (κ2) is 5.72. The fourth-order valence-electron chi connectivity index (χ4n) is 2.38. The summed E-state index contributed by atoms with van der Waals surface area (Å²) in [5.41, 5.74) is 3.25. The van der Waals surface area contributed by atoms with Gasteiger partial charge in [0.05, 0.1) is 5.69 Å². The third-order valence-electron chi connectivity index (χ3n) is 3.38. The van der Waals surface area contributed by atoms with Gasteiger partial charge in [-0.05, 0) is 12.1 Å². The number of nitriles is 1. The predicted octanol–water partition coefficient (Wildman–Crippen LogP) is 0.977. The molecule has 0 radical (unpaired) electrons. The first-order chi connectivity index (χ1) is 9.86. The van der Waals surface area contributed by atoms with E-state index in [1.807, 2.05) is 18.3 Å². The van der Waals surface area contributed by atoms with Crippen LogP contribution in [0.5, 0.6) is 0 Å². The van der Waals surface area contributed by atoms with E-state index in [2.05, 4.69) is 31.7 Å². The van der Waals surface area contributed by atoms with Crippen LogP contribution in [0.25, 0.3) is 0 Å². The molecule has 1 aliphatic rings. The third kappa shape index (κ3) is 2.63. The molecular weight excluding hydrogens is 252 g/mol. The summed E-state index contributed by atoms with van der Waals surface area (Å²) in [5.74, 6) is 1.03. The number of nitrogens with one attached hydrogen (secondary N) is 3. The normalized spacial score (nSPS) is 13.6. The summed E-state index contributed by atoms with van der Waals surface area (Å²) >= 11 is 0. The first kappa shape index (κ1) is 12.6. The van der Waals surface area contributed by atoms with Gasteiger partial charge in [-0.3, -0.25) is 0 Å². The molecule has 0 fully saturated rings. The van der Waals surface area contributed by atoms with Crippen molar-refractivity contribution in [2.24, 2.45) is 0 Å². The monoisotopic (exact) mass is 268 g/mol. The summed E-state index contributed by atoms with van der Waals surface area (Å²) in [6.45, 7) is 2.43. The van der Waals surface area contributed by atoms with Gasteiger partial charge in [-0.15, -0.1) is 0 Å². The molecule has 2 aromatic heterocycles. The second-order valence-electron chi connectivity index (χ2n) is 4.73. The Labute approximate surface area is 117 Å². The lowest BCUT2D eigenvalue weighted by Gasteiger charge is -2.19. The van der Waals surface area contributed by atoms with Gasteiger partial charge >= 0.3 is 0 Å². The Hall–Kier alpha value is -2.39. The van der Waals surface area contributed by atoms with Gasteiger partial charge in [0.2, 0.25) is 5.82 Å². The summed E-state index contributed by atoms with van der Waals surface area (Å²) < 4.78 is 0. The highest BCUT2D eigenvalue weighted by atomic mass is 15.1. The molecule has 6 heteroatoms. The summed E-state index contributed by atoms with van der Waals surface area (Å²) in [5, 5.41) is 15.7. The lowest BCUT2D eigenvalue weighted by atomic mass is 10.1. The molecule has 3 rings (SSSR count). The number of hydrogen-bond acceptors (Lipinski definition) is 5. The quantitative estimate of drug-likeness (QED) is 0.769. The number of aromatic amines is 1. The van der Waals surface area contributed by atoms with Crippen molar-refractivity contribution in [2.75, 3.05) is 18.4 Å². The first-order valence-corrected chi connectivity index (χ1v) is 6.73. The van der Waals surface area contributed by atoms with Crippen molar-refractivity contribution in [1.29, 1.82) is 5.26 Å². The van der Waals surface area contributed by atoms with E-state index in [4.69, 9.17) is 5.26 Å². The molecule has 0 aromatic carbocycles. The molecule has 0 amide bonds. The average Bonchev–Trinajstić information content (AvgIpc) is 3.00. The molecule has 0 atom stereocenters. The zero-order valence-electron chi connectivity index (χ0n) is 11.1. The molecule has 20 heavy (non-hydrogen) atoms. The van der Waals surface area contributed by atoms with Crippen LogP contribution in [0.2, 0.25) is 0 Å². The SMILES string of the molecule is N#Cc1nc2c(c(NCCc3ccc[nH]3)n1)CNCC2. The van der Waals surface area contributed by atoms with Crippen LogP contribution in [-0.4, -0.2) is 28.0 Å². The molecule has 0 aliphatic carbocycles. The first-order valence-electron chi connectivity index (χ1n) is 6.73. The number of H-pyrrole nitrogens is 1. The van der Waals surface area contributed by atoms with Crippen molar-refractivity contribution in [3.8, 4) is 6.07 Å². The molecule has 3 heterocycles. The number of fused-ring (bicyclic) bond motifs is 1. The lowest BCUT2D eigenvalue weighted by molar-refractivity contribution is 0.625. The van der Waals surface area contributed by atoms with Gasteiger partial charge < -0.3 is 15.6 Å². The number of anilines is 1. The Morgan fingerprint density at radius 1 is 1.40 bits per heavy atom. The Balaban J connectivity index is 1.76. The van der Waals surface area contributed by atoms with E-state index < -0.39 is 0 Å². The number of aromatic nitrogens is 3. The van der Waals surface area contributed by atoms with Crippen LogP contribution in [0.15, 0.2) is 18.3 Å². The summed E-state index contributed by atoms with van der Waals surface area (Å²) in [4.78, 5) is 11.8. The van der Waals surface area contributed by atoms with Crippen LogP contribution >= 0.6 is 0 Å². The Morgan fingerprint density at radius 2 is 2.35 bits per heavy atom. The van der Waals surface area contributed by atoms with Gasteiger partial charge in [-0.1, -0.05) is 0 Å². The Bertz CT molecular complexity index is 626. The molecule has 0 saturated heterocycles. The molecule has 0 unspecified atom stereocenters. The standard InChI is InChI=1S/C14H16N6/c15-8-13-19-12-4-6-16-9-11(12)14(20-13)18-7-3-10-2-1-5-17-10/h1-2,5,16-17H,3-4,6-7,9H2,(H,18,19,20). The molecule has 2 aromatic rings. The highest BCUT2D eigenvalue weighted by molar-refractivity contribution is 5.49. The fraction of sp³-hybridized carbons (Fsp3) is 0.357. The third-order valence-corrected chi connectivity index (χ3v) is 3.38. The van der Waals surface area contributed by atoms with Gasteiger partial charge in [-0.2, -0.15) is 5.26 Å². The smallest absolute Gasteiger partial charge is 0.234 e. The molecule has 102 valence electrons. The van der Waals surface area contributed by atoms with Crippen molar-refractivity contribution >= 4 is 5.82 Å². The number of rotatable bonds is 4.